The lowest BCUT2D eigenvalue weighted by molar-refractivity contribution is -0.192. The fourth-order valence-electron chi connectivity index (χ4n) is 3.45. The van der Waals surface area contributed by atoms with Gasteiger partial charge in [-0.1, -0.05) is 18.2 Å². The highest BCUT2D eigenvalue weighted by Crippen LogP contribution is 2.36. The molecule has 0 fully saturated rings. The first-order valence-corrected chi connectivity index (χ1v) is 11.5. The highest BCUT2D eigenvalue weighted by Gasteiger charge is 2.39. The van der Waals surface area contributed by atoms with E-state index in [4.69, 9.17) is 9.90 Å². The van der Waals surface area contributed by atoms with Crippen LogP contribution in [0.15, 0.2) is 60.8 Å². The summed E-state index contributed by atoms with van der Waals surface area (Å²) in [6.07, 6.45) is -13.5. The van der Waals surface area contributed by atoms with Gasteiger partial charge in [0.15, 0.2) is 0 Å². The predicted octanol–water partition coefficient (Wildman–Crippen LogP) is 6.76. The van der Waals surface area contributed by atoms with Crippen molar-refractivity contribution in [3.63, 3.8) is 0 Å². The number of carbonyl (C=O) groups is 3. The van der Waals surface area contributed by atoms with Gasteiger partial charge in [0.05, 0.1) is 35.5 Å². The van der Waals surface area contributed by atoms with Gasteiger partial charge in [-0.05, 0) is 54.4 Å². The van der Waals surface area contributed by atoms with Crippen LogP contribution in [0.25, 0.3) is 0 Å². The molecule has 0 spiro atoms. The number of carboxylic acids is 1. The van der Waals surface area contributed by atoms with E-state index < -0.39 is 59.4 Å². The average molecular weight is 625 g/mol. The van der Waals surface area contributed by atoms with Crippen molar-refractivity contribution < 1.29 is 63.7 Å². The van der Waals surface area contributed by atoms with Crippen LogP contribution in [-0.4, -0.2) is 41.3 Å². The maximum atomic E-state index is 13.7. The van der Waals surface area contributed by atoms with E-state index in [-0.39, 0.29) is 16.8 Å². The first-order chi connectivity index (χ1) is 19.8. The van der Waals surface area contributed by atoms with Gasteiger partial charge in [0.25, 0.3) is 0 Å². The summed E-state index contributed by atoms with van der Waals surface area (Å²) >= 11 is 0. The number of aromatic nitrogens is 1. The van der Waals surface area contributed by atoms with Gasteiger partial charge < -0.3 is 20.5 Å². The summed E-state index contributed by atoms with van der Waals surface area (Å²) in [7, 11) is 1.17. The first kappa shape index (κ1) is 34.4. The summed E-state index contributed by atoms with van der Waals surface area (Å²) in [6, 6.07) is 6.96. The molecule has 0 radical (unpaired) electrons. The summed E-state index contributed by atoms with van der Waals surface area (Å²) in [5.41, 5.74) is -2.21. The number of benzene rings is 2. The quantitative estimate of drug-likeness (QED) is 0.213. The molecule has 1 aromatic heterocycles. The Morgan fingerprint density at radius 3 is 1.93 bits per heavy atom. The Morgan fingerprint density at radius 1 is 0.860 bits per heavy atom. The molecule has 17 heteroatoms. The van der Waals surface area contributed by atoms with Crippen molar-refractivity contribution in [1.82, 2.24) is 10.3 Å². The number of methoxy groups -OCH3 is 1. The van der Waals surface area contributed by atoms with Crippen LogP contribution in [-0.2, 0) is 21.9 Å². The van der Waals surface area contributed by atoms with Gasteiger partial charge in [0.1, 0.15) is 0 Å². The van der Waals surface area contributed by atoms with E-state index in [1.165, 1.54) is 32.2 Å². The summed E-state index contributed by atoms with van der Waals surface area (Å²) < 4.78 is 116. The number of hydrogen-bond donors (Lipinski definition) is 3. The molecular formula is C26H20F9N3O5. The Hall–Kier alpha value is -4.83. The second-order valence-electron chi connectivity index (χ2n) is 8.36. The molecule has 0 saturated carbocycles. The molecular weight excluding hydrogens is 605 g/mol. The molecule has 43 heavy (non-hydrogen) atoms. The van der Waals surface area contributed by atoms with Crippen molar-refractivity contribution >= 4 is 23.7 Å². The number of nitrogens with one attached hydrogen (secondary N) is 2. The third-order valence-corrected chi connectivity index (χ3v) is 5.49. The number of carboxylic acid groups (broad SMARTS) is 1. The number of ether oxygens (including phenoxy) is 1. The third kappa shape index (κ3) is 9.34. The van der Waals surface area contributed by atoms with Crippen LogP contribution < -0.4 is 10.6 Å². The summed E-state index contributed by atoms with van der Waals surface area (Å²) in [5, 5.41) is 11.9. The monoisotopic (exact) mass is 625 g/mol. The van der Waals surface area contributed by atoms with Crippen molar-refractivity contribution in [1.29, 1.82) is 0 Å². The number of aliphatic carboxylic acids is 1. The predicted molar refractivity (Wildman–Crippen MR) is 131 cm³/mol. The number of esters is 1. The number of pyridine rings is 1. The molecule has 0 unspecified atom stereocenters. The fourth-order valence-corrected chi connectivity index (χ4v) is 3.45. The minimum atomic E-state index is -5.08. The largest absolute Gasteiger partial charge is 0.490 e. The molecule has 0 aliphatic rings. The molecule has 1 atom stereocenters. The van der Waals surface area contributed by atoms with E-state index in [1.54, 1.807) is 0 Å². The minimum Gasteiger partial charge on any atom is -0.475 e. The van der Waals surface area contributed by atoms with Crippen LogP contribution in [0.3, 0.4) is 0 Å². The first-order valence-electron chi connectivity index (χ1n) is 11.5. The molecule has 0 saturated heterocycles. The lowest BCUT2D eigenvalue weighted by Crippen LogP contribution is -2.35. The number of alkyl halides is 9. The Bertz CT molecular complexity index is 1450. The normalized spacial score (nSPS) is 12.3. The van der Waals surface area contributed by atoms with Gasteiger partial charge in [0.2, 0.25) is 0 Å². The Kier molecular flexibility index (Phi) is 10.7. The van der Waals surface area contributed by atoms with Crippen LogP contribution >= 0.6 is 0 Å². The summed E-state index contributed by atoms with van der Waals surface area (Å²) in [6.45, 7) is 1.52. The van der Waals surface area contributed by atoms with Gasteiger partial charge in [-0.25, -0.2) is 14.4 Å². The van der Waals surface area contributed by atoms with Crippen molar-refractivity contribution in [3.05, 3.63) is 94.3 Å². The van der Waals surface area contributed by atoms with Crippen molar-refractivity contribution in [2.45, 2.75) is 31.5 Å². The number of carbonyl (C=O) groups excluding carboxylic acids is 2. The van der Waals surface area contributed by atoms with E-state index in [0.29, 0.717) is 17.7 Å². The SMILES string of the molecule is COC(=O)c1cccc(NC(=O)N[C@@H](c2ccc(C(F)(F)F)cc2)c2ncccc2C(F)(F)F)c1C.O=C(O)C(F)(F)F. The standard InChI is InChI=1S/C24H19F6N3O3.C2HF3O2/c1-13-16(21(34)36-2)5-3-7-18(13)32-22(35)33-19(14-8-10-15(11-9-14)23(25,26)27)20-17(24(28,29)30)6-4-12-31-20;3-2(4,5)1(6)7/h3-12,19H,1-2H3,(H2,32,33,35);(H,6,7)/t19-;/m0./s1. The topological polar surface area (TPSA) is 118 Å². The number of hydrogen-bond acceptors (Lipinski definition) is 5. The molecule has 2 amide bonds. The molecule has 0 aliphatic heterocycles. The fraction of sp³-hybridized carbons (Fsp3) is 0.231. The van der Waals surface area contributed by atoms with Crippen molar-refractivity contribution in [2.75, 3.05) is 12.4 Å². The van der Waals surface area contributed by atoms with Gasteiger partial charge in [-0.2, -0.15) is 39.5 Å². The number of urea groups is 1. The smallest absolute Gasteiger partial charge is 0.475 e. The van der Waals surface area contributed by atoms with Crippen molar-refractivity contribution in [2.24, 2.45) is 0 Å². The van der Waals surface area contributed by atoms with E-state index in [1.807, 2.05) is 0 Å². The maximum Gasteiger partial charge on any atom is 0.490 e. The van der Waals surface area contributed by atoms with Gasteiger partial charge >= 0.3 is 36.5 Å². The van der Waals surface area contributed by atoms with E-state index >= 15 is 0 Å². The van der Waals surface area contributed by atoms with Gasteiger partial charge in [-0.15, -0.1) is 0 Å². The molecule has 3 N–H and O–H groups in total. The lowest BCUT2D eigenvalue weighted by atomic mass is 9.98. The van der Waals surface area contributed by atoms with Crippen molar-refractivity contribution in [3.8, 4) is 0 Å². The highest BCUT2D eigenvalue weighted by atomic mass is 19.4. The van der Waals surface area contributed by atoms with Crippen LogP contribution in [0, 0.1) is 6.92 Å². The molecule has 2 aromatic carbocycles. The number of rotatable bonds is 5. The molecule has 0 aliphatic carbocycles. The Labute approximate surface area is 236 Å². The minimum absolute atomic E-state index is 0.0672. The van der Waals surface area contributed by atoms with E-state index in [0.717, 1.165) is 30.5 Å². The second kappa shape index (κ2) is 13.4. The highest BCUT2D eigenvalue weighted by molar-refractivity contribution is 5.96. The van der Waals surface area contributed by atoms with Crippen LogP contribution in [0.4, 0.5) is 50.0 Å². The van der Waals surface area contributed by atoms with Crippen LogP contribution in [0.1, 0.15) is 44.3 Å². The number of halogens is 9. The van der Waals surface area contributed by atoms with E-state index in [2.05, 4.69) is 20.4 Å². The van der Waals surface area contributed by atoms with Gasteiger partial charge in [0, 0.05) is 11.9 Å². The lowest BCUT2D eigenvalue weighted by Gasteiger charge is -2.23. The number of amides is 2. The zero-order valence-corrected chi connectivity index (χ0v) is 21.8. The molecule has 0 bridgehead atoms. The molecule has 232 valence electrons. The summed E-state index contributed by atoms with van der Waals surface area (Å²) in [4.78, 5) is 37.4. The number of nitrogens with zero attached hydrogens (tertiary/aromatic N) is 1. The molecule has 3 rings (SSSR count). The van der Waals surface area contributed by atoms with Gasteiger partial charge in [-0.3, -0.25) is 4.98 Å². The molecule has 1 heterocycles. The molecule has 3 aromatic rings. The number of anilines is 1. The zero-order chi connectivity index (χ0) is 32.8. The summed E-state index contributed by atoms with van der Waals surface area (Å²) in [5.74, 6) is -3.42. The second-order valence-corrected chi connectivity index (χ2v) is 8.36. The molecule has 8 nitrogen and oxygen atoms in total. The Morgan fingerprint density at radius 2 is 1.44 bits per heavy atom. The van der Waals surface area contributed by atoms with E-state index in [9.17, 15) is 49.1 Å². The Balaban J connectivity index is 0.000000821. The average Bonchev–Trinajstić information content (AvgIpc) is 2.91. The zero-order valence-electron chi connectivity index (χ0n) is 21.8. The third-order valence-electron chi connectivity index (χ3n) is 5.49. The van der Waals surface area contributed by atoms with Crippen LogP contribution in [0.2, 0.25) is 0 Å². The van der Waals surface area contributed by atoms with Crippen LogP contribution in [0.5, 0.6) is 0 Å². The maximum absolute atomic E-state index is 13.7.